The lowest BCUT2D eigenvalue weighted by Gasteiger charge is -2.39. The van der Waals surface area contributed by atoms with Crippen molar-refractivity contribution in [3.8, 4) is 0 Å². The molecule has 1 aromatic rings. The van der Waals surface area contributed by atoms with E-state index in [1.54, 1.807) is 6.33 Å². The summed E-state index contributed by atoms with van der Waals surface area (Å²) in [6, 6.07) is 3.20. The number of anilines is 1. The Labute approximate surface area is 155 Å². The van der Waals surface area contributed by atoms with Crippen LogP contribution in [0.1, 0.15) is 44.2 Å². The Kier molecular flexibility index (Phi) is 5.24. The lowest BCUT2D eigenvalue weighted by Crippen LogP contribution is -2.51. The van der Waals surface area contributed by atoms with Gasteiger partial charge in [-0.05, 0) is 45.4 Å². The Hall–Kier alpha value is -1.89. The van der Waals surface area contributed by atoms with E-state index in [4.69, 9.17) is 4.74 Å². The molecule has 2 aliphatic heterocycles. The molecule has 1 N–H and O–H groups in total. The van der Waals surface area contributed by atoms with Crippen LogP contribution in [0.5, 0.6) is 0 Å². The fourth-order valence-corrected chi connectivity index (χ4v) is 4.07. The number of likely N-dealkylation sites (tertiary alicyclic amines) is 1. The molecule has 1 aromatic heterocycles. The molecule has 0 radical (unpaired) electrons. The molecule has 142 valence electrons. The second kappa shape index (κ2) is 7.78. The SMILES string of the molecule is Cc1cc(N(C2CC2)C2CCN(C(=O)NCC3CCCO3)CC2)ncn1. The average molecular weight is 359 g/mol. The maximum absolute atomic E-state index is 12.4. The van der Waals surface area contributed by atoms with E-state index in [2.05, 4.69) is 26.3 Å². The molecule has 1 atom stereocenters. The van der Waals surface area contributed by atoms with E-state index in [0.717, 1.165) is 56.9 Å². The summed E-state index contributed by atoms with van der Waals surface area (Å²) in [7, 11) is 0. The molecular formula is C19H29N5O2. The van der Waals surface area contributed by atoms with Crippen LogP contribution in [0, 0.1) is 6.92 Å². The highest BCUT2D eigenvalue weighted by molar-refractivity contribution is 5.74. The van der Waals surface area contributed by atoms with Gasteiger partial charge in [0.1, 0.15) is 12.1 Å². The number of aromatic nitrogens is 2. The van der Waals surface area contributed by atoms with E-state index in [9.17, 15) is 4.79 Å². The van der Waals surface area contributed by atoms with Crippen molar-refractivity contribution in [1.82, 2.24) is 20.2 Å². The number of nitrogens with zero attached hydrogens (tertiary/aromatic N) is 4. The van der Waals surface area contributed by atoms with Crippen LogP contribution in [0.4, 0.5) is 10.6 Å². The van der Waals surface area contributed by atoms with E-state index in [1.165, 1.54) is 12.8 Å². The molecule has 7 heteroatoms. The largest absolute Gasteiger partial charge is 0.376 e. The lowest BCUT2D eigenvalue weighted by atomic mass is 10.0. The summed E-state index contributed by atoms with van der Waals surface area (Å²) in [5.41, 5.74) is 1.01. The Balaban J connectivity index is 1.31. The Bertz CT molecular complexity index is 622. The smallest absolute Gasteiger partial charge is 0.317 e. The molecule has 1 aliphatic carbocycles. The van der Waals surface area contributed by atoms with Crippen LogP contribution in [0.15, 0.2) is 12.4 Å². The molecule has 7 nitrogen and oxygen atoms in total. The highest BCUT2D eigenvalue weighted by atomic mass is 16.5. The molecule has 1 saturated carbocycles. The van der Waals surface area contributed by atoms with Crippen LogP contribution in [-0.2, 0) is 4.74 Å². The number of carbonyl (C=O) groups is 1. The van der Waals surface area contributed by atoms with E-state index >= 15 is 0 Å². The minimum Gasteiger partial charge on any atom is -0.376 e. The summed E-state index contributed by atoms with van der Waals surface area (Å²) in [6.45, 7) is 5.07. The van der Waals surface area contributed by atoms with Gasteiger partial charge < -0.3 is 19.9 Å². The van der Waals surface area contributed by atoms with E-state index in [0.29, 0.717) is 18.6 Å². The molecule has 4 rings (SSSR count). The first-order valence-electron chi connectivity index (χ1n) is 9.92. The van der Waals surface area contributed by atoms with Gasteiger partial charge in [-0.25, -0.2) is 14.8 Å². The number of amides is 2. The van der Waals surface area contributed by atoms with Gasteiger partial charge in [-0.15, -0.1) is 0 Å². The van der Waals surface area contributed by atoms with Gasteiger partial charge >= 0.3 is 6.03 Å². The number of nitrogens with one attached hydrogen (secondary N) is 1. The zero-order valence-corrected chi connectivity index (χ0v) is 15.6. The number of urea groups is 1. The van der Waals surface area contributed by atoms with Gasteiger partial charge in [-0.3, -0.25) is 0 Å². The number of aryl methyl sites for hydroxylation is 1. The lowest BCUT2D eigenvalue weighted by molar-refractivity contribution is 0.108. The molecule has 0 aromatic carbocycles. The molecule has 3 aliphatic rings. The number of rotatable bonds is 5. The highest BCUT2D eigenvalue weighted by Crippen LogP contribution is 2.35. The molecule has 2 amide bonds. The third-order valence-corrected chi connectivity index (χ3v) is 5.64. The Morgan fingerprint density at radius 3 is 2.65 bits per heavy atom. The van der Waals surface area contributed by atoms with Crippen LogP contribution in [0.25, 0.3) is 0 Å². The topological polar surface area (TPSA) is 70.6 Å². The summed E-state index contributed by atoms with van der Waals surface area (Å²) in [5, 5.41) is 3.04. The van der Waals surface area contributed by atoms with Gasteiger partial charge in [-0.1, -0.05) is 0 Å². The van der Waals surface area contributed by atoms with Crippen molar-refractivity contribution in [1.29, 1.82) is 0 Å². The quantitative estimate of drug-likeness (QED) is 0.872. The zero-order chi connectivity index (χ0) is 17.9. The predicted octanol–water partition coefficient (Wildman–Crippen LogP) is 2.11. The van der Waals surface area contributed by atoms with Crippen molar-refractivity contribution < 1.29 is 9.53 Å². The molecule has 3 fully saturated rings. The standard InChI is InChI=1S/C19H29N5O2/c1-14-11-18(22-13-21-14)24(15-4-5-15)16-6-8-23(9-7-16)19(25)20-12-17-3-2-10-26-17/h11,13,15-17H,2-10,12H2,1H3,(H,20,25). The average Bonchev–Trinajstić information content (AvgIpc) is 3.34. The number of piperidine rings is 1. The first kappa shape index (κ1) is 17.5. The molecule has 3 heterocycles. The van der Waals surface area contributed by atoms with Gasteiger partial charge in [0.25, 0.3) is 0 Å². The van der Waals surface area contributed by atoms with Gasteiger partial charge in [0.05, 0.1) is 6.10 Å². The number of ether oxygens (including phenoxy) is 1. The van der Waals surface area contributed by atoms with Crippen molar-refractivity contribution in [3.63, 3.8) is 0 Å². The number of hydrogen-bond acceptors (Lipinski definition) is 5. The predicted molar refractivity (Wildman–Crippen MR) is 99.2 cm³/mol. The van der Waals surface area contributed by atoms with E-state index in [-0.39, 0.29) is 12.1 Å². The summed E-state index contributed by atoms with van der Waals surface area (Å²) in [6.07, 6.45) is 8.48. The number of hydrogen-bond donors (Lipinski definition) is 1. The maximum atomic E-state index is 12.4. The molecular weight excluding hydrogens is 330 g/mol. The van der Waals surface area contributed by atoms with Gasteiger partial charge in [-0.2, -0.15) is 0 Å². The maximum Gasteiger partial charge on any atom is 0.317 e. The second-order valence-corrected chi connectivity index (χ2v) is 7.70. The molecule has 26 heavy (non-hydrogen) atoms. The number of carbonyl (C=O) groups excluding carboxylic acids is 1. The van der Waals surface area contributed by atoms with Gasteiger partial charge in [0, 0.05) is 50.1 Å². The summed E-state index contributed by atoms with van der Waals surface area (Å²) in [5.74, 6) is 1.04. The van der Waals surface area contributed by atoms with E-state index in [1.807, 2.05) is 11.8 Å². The fraction of sp³-hybridized carbons (Fsp3) is 0.737. The Morgan fingerprint density at radius 2 is 2.00 bits per heavy atom. The van der Waals surface area contributed by atoms with Crippen LogP contribution in [-0.4, -0.2) is 65.3 Å². The van der Waals surface area contributed by atoms with Gasteiger partial charge in [0.15, 0.2) is 0 Å². The van der Waals surface area contributed by atoms with Crippen molar-refractivity contribution in [2.45, 2.75) is 63.6 Å². The first-order chi connectivity index (χ1) is 12.7. The van der Waals surface area contributed by atoms with Crippen molar-refractivity contribution in [3.05, 3.63) is 18.1 Å². The molecule has 0 spiro atoms. The van der Waals surface area contributed by atoms with E-state index < -0.39 is 0 Å². The van der Waals surface area contributed by atoms with Crippen molar-refractivity contribution in [2.75, 3.05) is 31.1 Å². The summed E-state index contributed by atoms with van der Waals surface area (Å²) >= 11 is 0. The monoisotopic (exact) mass is 359 g/mol. The minimum atomic E-state index is 0.0507. The fourth-order valence-electron chi connectivity index (χ4n) is 4.07. The second-order valence-electron chi connectivity index (χ2n) is 7.70. The minimum absolute atomic E-state index is 0.0507. The first-order valence-corrected chi connectivity index (χ1v) is 9.92. The summed E-state index contributed by atoms with van der Waals surface area (Å²) < 4.78 is 5.58. The molecule has 2 saturated heterocycles. The third kappa shape index (κ3) is 4.09. The molecule has 0 bridgehead atoms. The van der Waals surface area contributed by atoms with Crippen LogP contribution >= 0.6 is 0 Å². The normalized spacial score (nSPS) is 23.9. The van der Waals surface area contributed by atoms with Crippen LogP contribution in [0.3, 0.4) is 0 Å². The van der Waals surface area contributed by atoms with Crippen molar-refractivity contribution in [2.24, 2.45) is 0 Å². The highest BCUT2D eigenvalue weighted by Gasteiger charge is 2.37. The van der Waals surface area contributed by atoms with Crippen LogP contribution in [0.2, 0.25) is 0 Å². The third-order valence-electron chi connectivity index (χ3n) is 5.64. The van der Waals surface area contributed by atoms with Crippen LogP contribution < -0.4 is 10.2 Å². The van der Waals surface area contributed by atoms with Gasteiger partial charge in [0.2, 0.25) is 0 Å². The molecule has 1 unspecified atom stereocenters. The summed E-state index contributed by atoms with van der Waals surface area (Å²) in [4.78, 5) is 25.6. The Morgan fingerprint density at radius 1 is 1.23 bits per heavy atom. The van der Waals surface area contributed by atoms with Crippen molar-refractivity contribution >= 4 is 11.8 Å². The zero-order valence-electron chi connectivity index (χ0n) is 15.6.